The molecule has 0 heterocycles. The maximum absolute atomic E-state index is 2.20. The van der Waals surface area contributed by atoms with Gasteiger partial charge < -0.3 is 0 Å². The molecule has 0 atom stereocenters. The van der Waals surface area contributed by atoms with Gasteiger partial charge in [-0.05, 0) is 17.5 Å². The van der Waals surface area contributed by atoms with E-state index in [0.29, 0.717) is 0 Å². The van der Waals surface area contributed by atoms with Crippen molar-refractivity contribution in [3.05, 3.63) is 151 Å². The van der Waals surface area contributed by atoms with Gasteiger partial charge in [0.2, 0.25) is 0 Å². The average Bonchev–Trinajstić information content (AvgIpc) is 3.28. The number of fused-ring (bicyclic) bond motifs is 1. The Kier molecular flexibility index (Phi) is 13.9. The average molecular weight is 469 g/mol. The maximum atomic E-state index is 2.20. The van der Waals surface area contributed by atoms with Crippen LogP contribution in [-0.2, 0) is 6.42 Å². The Hall–Kier alpha value is -2.58. The van der Waals surface area contributed by atoms with Gasteiger partial charge in [0.15, 0.2) is 0 Å². The molecule has 0 bridgehead atoms. The monoisotopic (exact) mass is 470 g/mol. The minimum atomic E-state index is 0. The SMILES string of the molecule is C1=Cc2ccccc2C1.[Sn].c1ccccc1.c1ccccc1.c1ccccc1. The van der Waals surface area contributed by atoms with Crippen molar-refractivity contribution >= 4 is 30.0 Å². The summed E-state index contributed by atoms with van der Waals surface area (Å²) in [5.41, 5.74) is 2.84. The number of rotatable bonds is 0. The number of hydrogen-bond acceptors (Lipinski definition) is 0. The van der Waals surface area contributed by atoms with E-state index in [1.54, 1.807) is 0 Å². The van der Waals surface area contributed by atoms with E-state index in [2.05, 4.69) is 36.4 Å². The predicted molar refractivity (Wildman–Crippen MR) is 124 cm³/mol. The summed E-state index contributed by atoms with van der Waals surface area (Å²) in [6.07, 6.45) is 5.50. The van der Waals surface area contributed by atoms with E-state index in [1.807, 2.05) is 109 Å². The van der Waals surface area contributed by atoms with Gasteiger partial charge in [0.1, 0.15) is 0 Å². The summed E-state index contributed by atoms with van der Waals surface area (Å²) in [5, 5.41) is 0. The van der Waals surface area contributed by atoms with Gasteiger partial charge in [-0.2, -0.15) is 0 Å². The molecule has 0 amide bonds. The van der Waals surface area contributed by atoms with E-state index in [-0.39, 0.29) is 23.9 Å². The molecule has 5 rings (SSSR count). The Balaban J connectivity index is 0.000000188. The molecule has 4 radical (unpaired) electrons. The summed E-state index contributed by atoms with van der Waals surface area (Å²) in [7, 11) is 0. The normalized spacial score (nSPS) is 9.57. The van der Waals surface area contributed by atoms with E-state index in [4.69, 9.17) is 0 Å². The Morgan fingerprint density at radius 2 is 0.714 bits per heavy atom. The van der Waals surface area contributed by atoms with Gasteiger partial charge in [-0.15, -0.1) is 0 Å². The third kappa shape index (κ3) is 11.2. The molecule has 1 aliphatic rings. The van der Waals surface area contributed by atoms with Crippen molar-refractivity contribution in [2.24, 2.45) is 0 Å². The molecule has 0 aliphatic heterocycles. The molecule has 138 valence electrons. The number of benzene rings is 4. The first kappa shape index (κ1) is 23.5. The van der Waals surface area contributed by atoms with Crippen LogP contribution in [0.15, 0.2) is 140 Å². The molecule has 28 heavy (non-hydrogen) atoms. The molecule has 0 saturated heterocycles. The molecule has 0 nitrogen and oxygen atoms in total. The largest absolute Gasteiger partial charge is 0.0795 e. The summed E-state index contributed by atoms with van der Waals surface area (Å²) in [5.74, 6) is 0. The molecule has 0 unspecified atom stereocenters. The molecule has 4 aromatic rings. The molecule has 1 heteroatoms. The number of hydrogen-bond donors (Lipinski definition) is 0. The van der Waals surface area contributed by atoms with E-state index in [9.17, 15) is 0 Å². The molecule has 0 saturated carbocycles. The summed E-state index contributed by atoms with van der Waals surface area (Å²) in [6, 6.07) is 44.5. The van der Waals surface area contributed by atoms with Gasteiger partial charge in [-0.25, -0.2) is 0 Å². The second kappa shape index (κ2) is 16.6. The van der Waals surface area contributed by atoms with Crippen molar-refractivity contribution in [3.63, 3.8) is 0 Å². The second-order valence-corrected chi connectivity index (χ2v) is 5.77. The van der Waals surface area contributed by atoms with Crippen molar-refractivity contribution in [2.45, 2.75) is 6.42 Å². The van der Waals surface area contributed by atoms with E-state index in [0.717, 1.165) is 6.42 Å². The van der Waals surface area contributed by atoms with Crippen molar-refractivity contribution in [1.29, 1.82) is 0 Å². The van der Waals surface area contributed by atoms with Crippen LogP contribution in [0.5, 0.6) is 0 Å². The first-order chi connectivity index (χ1) is 13.5. The van der Waals surface area contributed by atoms with Crippen LogP contribution < -0.4 is 0 Å². The van der Waals surface area contributed by atoms with Gasteiger partial charge in [-0.3, -0.25) is 0 Å². The zero-order valence-electron chi connectivity index (χ0n) is 16.1. The predicted octanol–water partition coefficient (Wildman–Crippen LogP) is 6.93. The molecular formula is C27H26Sn. The summed E-state index contributed by atoms with van der Waals surface area (Å²) in [4.78, 5) is 0. The Morgan fingerprint density at radius 1 is 0.393 bits per heavy atom. The van der Waals surface area contributed by atoms with Crippen LogP contribution in [0.1, 0.15) is 11.1 Å². The minimum absolute atomic E-state index is 0. The van der Waals surface area contributed by atoms with Gasteiger partial charge in [0.05, 0.1) is 0 Å². The van der Waals surface area contributed by atoms with Gasteiger partial charge in [0, 0.05) is 23.9 Å². The molecule has 0 N–H and O–H groups in total. The summed E-state index contributed by atoms with van der Waals surface area (Å²) < 4.78 is 0. The molecule has 0 fully saturated rings. The fraction of sp³-hybridized carbons (Fsp3) is 0.0370. The van der Waals surface area contributed by atoms with Gasteiger partial charge >= 0.3 is 0 Å². The quantitative estimate of drug-likeness (QED) is 0.245. The van der Waals surface area contributed by atoms with Crippen molar-refractivity contribution < 1.29 is 0 Å². The zero-order chi connectivity index (χ0) is 18.8. The Morgan fingerprint density at radius 3 is 1.04 bits per heavy atom. The third-order valence-electron chi connectivity index (χ3n) is 3.69. The van der Waals surface area contributed by atoms with Crippen LogP contribution >= 0.6 is 0 Å². The van der Waals surface area contributed by atoms with Crippen LogP contribution in [0.25, 0.3) is 6.08 Å². The maximum Gasteiger partial charge on any atom is 0 e. The van der Waals surface area contributed by atoms with Crippen molar-refractivity contribution in [3.8, 4) is 0 Å². The standard InChI is InChI=1S/C9H8.3C6H6.Sn/c1-2-5-9-7-3-6-8(9)4-1;3*1-2-4-6-5-3-1;/h1-6H,7H2;3*1-6H;. The van der Waals surface area contributed by atoms with Crippen LogP contribution in [0.2, 0.25) is 0 Å². The second-order valence-electron chi connectivity index (χ2n) is 5.77. The number of allylic oxidation sites excluding steroid dienone is 1. The Labute approximate surface area is 186 Å². The van der Waals surface area contributed by atoms with Crippen molar-refractivity contribution in [1.82, 2.24) is 0 Å². The zero-order valence-corrected chi connectivity index (χ0v) is 18.9. The molecule has 1 aliphatic carbocycles. The van der Waals surface area contributed by atoms with Crippen LogP contribution in [0.3, 0.4) is 0 Å². The van der Waals surface area contributed by atoms with E-state index >= 15 is 0 Å². The van der Waals surface area contributed by atoms with Gasteiger partial charge in [0.25, 0.3) is 0 Å². The van der Waals surface area contributed by atoms with Crippen LogP contribution in [0, 0.1) is 0 Å². The smallest absolute Gasteiger partial charge is 0 e. The van der Waals surface area contributed by atoms with E-state index < -0.39 is 0 Å². The fourth-order valence-electron chi connectivity index (χ4n) is 2.35. The Bertz CT molecular complexity index is 686. The molecule has 0 spiro atoms. The van der Waals surface area contributed by atoms with Crippen molar-refractivity contribution in [2.75, 3.05) is 0 Å². The fourth-order valence-corrected chi connectivity index (χ4v) is 2.35. The van der Waals surface area contributed by atoms with Crippen LogP contribution in [0.4, 0.5) is 0 Å². The third-order valence-corrected chi connectivity index (χ3v) is 3.69. The molecule has 4 aromatic carbocycles. The topological polar surface area (TPSA) is 0 Å². The van der Waals surface area contributed by atoms with Crippen LogP contribution in [-0.4, -0.2) is 23.9 Å². The first-order valence-electron chi connectivity index (χ1n) is 9.21. The molecule has 0 aromatic heterocycles. The summed E-state index contributed by atoms with van der Waals surface area (Å²) >= 11 is 0. The molecular weight excluding hydrogens is 443 g/mol. The minimum Gasteiger partial charge on any atom is -0.0795 e. The first-order valence-corrected chi connectivity index (χ1v) is 9.21. The van der Waals surface area contributed by atoms with Gasteiger partial charge in [-0.1, -0.05) is 146 Å². The van der Waals surface area contributed by atoms with E-state index in [1.165, 1.54) is 11.1 Å². The summed E-state index contributed by atoms with van der Waals surface area (Å²) in [6.45, 7) is 0.